The summed E-state index contributed by atoms with van der Waals surface area (Å²) in [5.74, 6) is -0.321. The van der Waals surface area contributed by atoms with Gasteiger partial charge in [0.05, 0.1) is 5.69 Å². The highest BCUT2D eigenvalue weighted by Crippen LogP contribution is 2.27. The van der Waals surface area contributed by atoms with E-state index >= 15 is 0 Å². The predicted octanol–water partition coefficient (Wildman–Crippen LogP) is 2.42. The maximum atomic E-state index is 13.4. The summed E-state index contributed by atoms with van der Waals surface area (Å²) in [6.45, 7) is 7.88. The summed E-state index contributed by atoms with van der Waals surface area (Å²) in [4.78, 5) is 32.5. The molecule has 0 fully saturated rings. The number of rotatable bonds is 4. The van der Waals surface area contributed by atoms with E-state index in [-0.39, 0.29) is 17.6 Å². The number of likely N-dealkylation sites (N-methyl/N-ethyl adjacent to an activating group) is 1. The molecule has 0 bridgehead atoms. The normalized spacial score (nSPS) is 15.8. The fraction of sp³-hybridized carbons (Fsp3) is 0.500. The molecule has 1 aliphatic rings. The maximum Gasteiger partial charge on any atom is 0.272 e. The highest BCUT2D eigenvalue weighted by molar-refractivity contribution is 5.97. The lowest BCUT2D eigenvalue weighted by atomic mass is 9.86. The molecule has 1 atom stereocenters. The van der Waals surface area contributed by atoms with Crippen LogP contribution in [0.15, 0.2) is 24.3 Å². The van der Waals surface area contributed by atoms with Crippen LogP contribution in [0.5, 0.6) is 0 Å². The topological polar surface area (TPSA) is 79.3 Å². The Balaban J connectivity index is 2.04. The third kappa shape index (κ3) is 4.53. The van der Waals surface area contributed by atoms with E-state index in [4.69, 9.17) is 0 Å². The predicted molar refractivity (Wildman–Crippen MR) is 113 cm³/mol. The molecule has 2 amide bonds. The molecule has 2 aromatic rings. The number of benzene rings is 1. The molecule has 30 heavy (non-hydrogen) atoms. The minimum Gasteiger partial charge on any atom is -0.357 e. The largest absolute Gasteiger partial charge is 0.357 e. The van der Waals surface area contributed by atoms with Gasteiger partial charge in [0.15, 0.2) is 5.69 Å². The van der Waals surface area contributed by atoms with Gasteiger partial charge >= 0.3 is 0 Å². The van der Waals surface area contributed by atoms with E-state index in [9.17, 15) is 14.0 Å². The Kier molecular flexibility index (Phi) is 6.26. The first-order valence-electron chi connectivity index (χ1n) is 10.2. The first-order valence-corrected chi connectivity index (χ1v) is 10.2. The lowest BCUT2D eigenvalue weighted by molar-refractivity contribution is -0.124. The second-order valence-electron chi connectivity index (χ2n) is 8.87. The zero-order valence-electron chi connectivity index (χ0n) is 18.3. The molecule has 1 aliphatic heterocycles. The Hall–Kier alpha value is -2.74. The Morgan fingerprint density at radius 2 is 1.83 bits per heavy atom. The number of carbonyl (C=O) groups excluding carboxylic acids is 2. The second-order valence-corrected chi connectivity index (χ2v) is 8.87. The van der Waals surface area contributed by atoms with Crippen LogP contribution in [0.25, 0.3) is 11.4 Å². The highest BCUT2D eigenvalue weighted by atomic mass is 19.1. The number of nitrogens with zero attached hydrogens (tertiary/aromatic N) is 3. The molecular weight excluding hydrogens is 385 g/mol. The molecule has 3 rings (SSSR count). The highest BCUT2D eigenvalue weighted by Gasteiger charge is 2.34. The van der Waals surface area contributed by atoms with Crippen molar-refractivity contribution >= 4 is 11.8 Å². The Morgan fingerprint density at radius 1 is 1.17 bits per heavy atom. The minimum absolute atomic E-state index is 0.253. The number of aromatic nitrogens is 2. The van der Waals surface area contributed by atoms with Gasteiger partial charge in [0.25, 0.3) is 5.91 Å². The van der Waals surface area contributed by atoms with Crippen LogP contribution in [-0.2, 0) is 17.9 Å². The van der Waals surface area contributed by atoms with Crippen molar-refractivity contribution in [3.05, 3.63) is 41.5 Å². The van der Waals surface area contributed by atoms with Crippen molar-refractivity contribution in [2.24, 2.45) is 5.41 Å². The van der Waals surface area contributed by atoms with E-state index in [0.717, 1.165) is 24.2 Å². The quantitative estimate of drug-likeness (QED) is 0.804. The molecule has 1 aromatic carbocycles. The molecule has 162 valence electrons. The molecule has 2 heterocycles. The van der Waals surface area contributed by atoms with Crippen LogP contribution < -0.4 is 10.6 Å². The number of amides is 2. The van der Waals surface area contributed by atoms with E-state index in [2.05, 4.69) is 20.5 Å². The van der Waals surface area contributed by atoms with E-state index < -0.39 is 11.5 Å². The summed E-state index contributed by atoms with van der Waals surface area (Å²) >= 11 is 0. The summed E-state index contributed by atoms with van der Waals surface area (Å²) in [7, 11) is 3.56. The van der Waals surface area contributed by atoms with Gasteiger partial charge in [-0.2, -0.15) is 0 Å². The number of hydrogen-bond acceptors (Lipinski definition) is 4. The van der Waals surface area contributed by atoms with E-state index in [1.807, 2.05) is 32.4 Å². The Morgan fingerprint density at radius 3 is 2.43 bits per heavy atom. The molecule has 0 saturated heterocycles. The molecular formula is C22H30FN5O2. The summed E-state index contributed by atoms with van der Waals surface area (Å²) in [5, 5.41) is 5.50. The number of nitrogens with one attached hydrogen (secondary N) is 2. The van der Waals surface area contributed by atoms with Gasteiger partial charge in [0.1, 0.15) is 17.7 Å². The zero-order chi connectivity index (χ0) is 22.1. The summed E-state index contributed by atoms with van der Waals surface area (Å²) in [6.07, 6.45) is 0.915. The number of fused-ring (bicyclic) bond motifs is 1. The van der Waals surface area contributed by atoms with Gasteiger partial charge in [-0.1, -0.05) is 20.8 Å². The van der Waals surface area contributed by atoms with E-state index in [1.54, 1.807) is 19.2 Å². The van der Waals surface area contributed by atoms with Gasteiger partial charge in [0.2, 0.25) is 5.91 Å². The lowest BCUT2D eigenvalue weighted by Gasteiger charge is -2.29. The molecule has 7 nitrogen and oxygen atoms in total. The fourth-order valence-corrected chi connectivity index (χ4v) is 3.74. The smallest absolute Gasteiger partial charge is 0.272 e. The lowest BCUT2D eigenvalue weighted by Crippen LogP contribution is -2.53. The monoisotopic (exact) mass is 415 g/mol. The second kappa shape index (κ2) is 8.55. The van der Waals surface area contributed by atoms with Crippen LogP contribution in [0.1, 0.15) is 43.4 Å². The Labute approximate surface area is 176 Å². The number of halogens is 1. The summed E-state index contributed by atoms with van der Waals surface area (Å²) < 4.78 is 15.5. The number of carbonyl (C=O) groups is 2. The SMILES string of the molecule is CNC(=O)C(NC(=O)c1nc(-c2ccc(F)cc2)n2c1CN(C)CCC2)C(C)(C)C. The van der Waals surface area contributed by atoms with Gasteiger partial charge in [-0.15, -0.1) is 0 Å². The Bertz CT molecular complexity index is 930. The van der Waals surface area contributed by atoms with Gasteiger partial charge in [-0.25, -0.2) is 9.37 Å². The van der Waals surface area contributed by atoms with Crippen LogP contribution in [0, 0.1) is 11.2 Å². The average Bonchev–Trinajstić information content (AvgIpc) is 2.91. The van der Waals surface area contributed by atoms with Crippen molar-refractivity contribution < 1.29 is 14.0 Å². The van der Waals surface area contributed by atoms with Crippen molar-refractivity contribution in [2.45, 2.75) is 46.3 Å². The zero-order valence-corrected chi connectivity index (χ0v) is 18.3. The molecule has 1 aromatic heterocycles. The van der Waals surface area contributed by atoms with Gasteiger partial charge in [-0.3, -0.25) is 9.59 Å². The number of imidazole rings is 1. The average molecular weight is 416 g/mol. The van der Waals surface area contributed by atoms with Crippen molar-refractivity contribution in [2.75, 3.05) is 20.6 Å². The maximum absolute atomic E-state index is 13.4. The van der Waals surface area contributed by atoms with Crippen molar-refractivity contribution in [1.29, 1.82) is 0 Å². The summed E-state index contributed by atoms with van der Waals surface area (Å²) in [6, 6.07) is 5.42. The fourth-order valence-electron chi connectivity index (χ4n) is 3.74. The molecule has 2 N–H and O–H groups in total. The minimum atomic E-state index is -0.704. The van der Waals surface area contributed by atoms with Gasteiger partial charge in [-0.05, 0) is 49.7 Å². The van der Waals surface area contributed by atoms with E-state index in [0.29, 0.717) is 24.6 Å². The van der Waals surface area contributed by atoms with Crippen molar-refractivity contribution in [3.63, 3.8) is 0 Å². The van der Waals surface area contributed by atoms with Crippen LogP contribution >= 0.6 is 0 Å². The third-order valence-corrected chi connectivity index (χ3v) is 5.38. The summed E-state index contributed by atoms with van der Waals surface area (Å²) in [5.41, 5.74) is 1.39. The van der Waals surface area contributed by atoms with Crippen LogP contribution in [0.4, 0.5) is 4.39 Å². The first-order chi connectivity index (χ1) is 14.1. The molecule has 0 radical (unpaired) electrons. The molecule has 0 aliphatic carbocycles. The standard InChI is InChI=1S/C22H30FN5O2/c1-22(2,3)18(21(30)24-4)26-20(29)17-16-13-27(5)11-6-12-28(16)19(25-17)14-7-9-15(23)10-8-14/h7-10,18H,6,11-13H2,1-5H3,(H,24,30)(H,26,29). The molecule has 0 saturated carbocycles. The molecule has 8 heteroatoms. The van der Waals surface area contributed by atoms with Crippen molar-refractivity contribution in [1.82, 2.24) is 25.1 Å². The van der Waals surface area contributed by atoms with Crippen molar-refractivity contribution in [3.8, 4) is 11.4 Å². The van der Waals surface area contributed by atoms with Gasteiger partial charge in [0, 0.05) is 25.7 Å². The molecule has 0 spiro atoms. The van der Waals surface area contributed by atoms with E-state index in [1.165, 1.54) is 12.1 Å². The van der Waals surface area contributed by atoms with Crippen LogP contribution in [-0.4, -0.2) is 52.9 Å². The third-order valence-electron chi connectivity index (χ3n) is 5.38. The molecule has 1 unspecified atom stereocenters. The first kappa shape index (κ1) is 22.0. The van der Waals surface area contributed by atoms with Gasteiger partial charge < -0.3 is 20.1 Å². The number of hydrogen-bond donors (Lipinski definition) is 2. The van der Waals surface area contributed by atoms with Crippen LogP contribution in [0.3, 0.4) is 0 Å². The van der Waals surface area contributed by atoms with Crippen LogP contribution in [0.2, 0.25) is 0 Å².